The molecule has 1 N–H and O–H groups in total. The van der Waals surface area contributed by atoms with E-state index in [1.165, 1.54) is 0 Å². The summed E-state index contributed by atoms with van der Waals surface area (Å²) in [6.07, 6.45) is 4.84. The van der Waals surface area contributed by atoms with Crippen molar-refractivity contribution in [3.8, 4) is 0 Å². The second-order valence-electron chi connectivity index (χ2n) is 5.15. The number of carbonyl (C=O) groups is 1. The lowest BCUT2D eigenvalue weighted by Gasteiger charge is -2.37. The molecule has 0 amide bonds. The number of aliphatic hydroxyl groups excluding tert-OH is 1. The summed E-state index contributed by atoms with van der Waals surface area (Å²) < 4.78 is 5.09. The van der Waals surface area contributed by atoms with Crippen molar-refractivity contribution < 1.29 is 14.6 Å². The molecule has 0 radical (unpaired) electrons. The molecule has 2 fully saturated rings. The molecule has 1 saturated carbocycles. The highest BCUT2D eigenvalue weighted by molar-refractivity contribution is 5.72. The zero-order chi connectivity index (χ0) is 12.3. The van der Waals surface area contributed by atoms with E-state index in [4.69, 9.17) is 4.74 Å². The third kappa shape index (κ3) is 2.99. The predicted molar refractivity (Wildman–Crippen MR) is 64.6 cm³/mol. The molecule has 98 valence electrons. The van der Waals surface area contributed by atoms with E-state index in [1.807, 2.05) is 6.92 Å². The highest BCUT2D eigenvalue weighted by Crippen LogP contribution is 2.28. The summed E-state index contributed by atoms with van der Waals surface area (Å²) in [7, 11) is 0. The van der Waals surface area contributed by atoms with Gasteiger partial charge in [-0.3, -0.25) is 9.69 Å². The Labute approximate surface area is 103 Å². The fourth-order valence-electron chi connectivity index (χ4n) is 3.11. The minimum Gasteiger partial charge on any atom is -0.466 e. The summed E-state index contributed by atoms with van der Waals surface area (Å²) in [5.74, 6) is -0.0545. The van der Waals surface area contributed by atoms with Crippen LogP contribution in [0.3, 0.4) is 0 Å². The molecule has 1 aliphatic carbocycles. The van der Waals surface area contributed by atoms with Crippen molar-refractivity contribution in [3.63, 3.8) is 0 Å². The van der Waals surface area contributed by atoms with E-state index in [9.17, 15) is 9.90 Å². The van der Waals surface area contributed by atoms with Gasteiger partial charge in [0.05, 0.1) is 18.6 Å². The Kier molecular flexibility index (Phi) is 4.40. The molecule has 1 heterocycles. The molecular weight excluding hydrogens is 218 g/mol. The minimum absolute atomic E-state index is 0.0106. The predicted octanol–water partition coefficient (Wildman–Crippen LogP) is 1.17. The number of nitrogens with zero attached hydrogens (tertiary/aromatic N) is 1. The molecule has 1 aliphatic heterocycles. The molecule has 1 saturated heterocycles. The highest BCUT2D eigenvalue weighted by Gasteiger charge is 2.35. The number of rotatable bonds is 3. The number of hydrogen-bond donors (Lipinski definition) is 1. The van der Waals surface area contributed by atoms with Crippen molar-refractivity contribution in [1.82, 2.24) is 4.90 Å². The van der Waals surface area contributed by atoms with E-state index in [2.05, 4.69) is 4.90 Å². The van der Waals surface area contributed by atoms with Gasteiger partial charge in [0.2, 0.25) is 0 Å². The van der Waals surface area contributed by atoms with Gasteiger partial charge in [0.15, 0.2) is 0 Å². The van der Waals surface area contributed by atoms with Gasteiger partial charge in [-0.25, -0.2) is 0 Å². The van der Waals surface area contributed by atoms with Crippen LogP contribution in [0.15, 0.2) is 0 Å². The molecule has 4 nitrogen and oxygen atoms in total. The normalized spacial score (nSPS) is 34.8. The van der Waals surface area contributed by atoms with Crippen LogP contribution in [0.5, 0.6) is 0 Å². The molecule has 0 aromatic heterocycles. The summed E-state index contributed by atoms with van der Waals surface area (Å²) >= 11 is 0. The van der Waals surface area contributed by atoms with Crippen LogP contribution in [0.25, 0.3) is 0 Å². The molecule has 2 unspecified atom stereocenters. The highest BCUT2D eigenvalue weighted by atomic mass is 16.5. The van der Waals surface area contributed by atoms with Crippen LogP contribution in [0, 0.1) is 5.92 Å². The molecule has 0 aromatic carbocycles. The topological polar surface area (TPSA) is 49.8 Å². The third-order valence-electron chi connectivity index (χ3n) is 3.99. The van der Waals surface area contributed by atoms with Crippen molar-refractivity contribution >= 4 is 5.97 Å². The summed E-state index contributed by atoms with van der Waals surface area (Å²) in [6.45, 7) is 4.08. The Balaban J connectivity index is 1.90. The number of aliphatic hydroxyl groups is 1. The molecule has 2 aliphatic rings. The van der Waals surface area contributed by atoms with Gasteiger partial charge in [-0.15, -0.1) is 0 Å². The Morgan fingerprint density at radius 1 is 1.35 bits per heavy atom. The maximum Gasteiger partial charge on any atom is 0.310 e. The van der Waals surface area contributed by atoms with Crippen LogP contribution >= 0.6 is 0 Å². The second-order valence-corrected chi connectivity index (χ2v) is 5.15. The van der Waals surface area contributed by atoms with E-state index in [0.29, 0.717) is 6.61 Å². The van der Waals surface area contributed by atoms with Gasteiger partial charge in [0, 0.05) is 12.6 Å². The fraction of sp³-hybridized carbons (Fsp3) is 0.923. The number of piperidine rings is 1. The summed E-state index contributed by atoms with van der Waals surface area (Å²) in [4.78, 5) is 14.0. The number of hydrogen-bond acceptors (Lipinski definition) is 4. The van der Waals surface area contributed by atoms with E-state index < -0.39 is 0 Å². The molecule has 2 rings (SSSR count). The molecule has 0 aromatic rings. The smallest absolute Gasteiger partial charge is 0.310 e. The Morgan fingerprint density at radius 3 is 2.82 bits per heavy atom. The first-order valence-electron chi connectivity index (χ1n) is 6.81. The van der Waals surface area contributed by atoms with E-state index in [1.54, 1.807) is 0 Å². The second kappa shape index (κ2) is 5.83. The van der Waals surface area contributed by atoms with Crippen LogP contribution in [0.2, 0.25) is 0 Å². The SMILES string of the molecule is CCOC(=O)[C@@H]1CCCN(C2CCCC2O)C1. The van der Waals surface area contributed by atoms with Gasteiger partial charge in [-0.05, 0) is 45.6 Å². The average molecular weight is 241 g/mol. The van der Waals surface area contributed by atoms with E-state index in [0.717, 1.165) is 45.2 Å². The summed E-state index contributed by atoms with van der Waals surface area (Å²) in [5.41, 5.74) is 0. The fourth-order valence-corrected chi connectivity index (χ4v) is 3.11. The van der Waals surface area contributed by atoms with Crippen molar-refractivity contribution in [2.45, 2.75) is 51.2 Å². The lowest BCUT2D eigenvalue weighted by atomic mass is 9.96. The van der Waals surface area contributed by atoms with E-state index in [-0.39, 0.29) is 24.0 Å². The molecule has 0 bridgehead atoms. The standard InChI is InChI=1S/C13H23NO3/c1-2-17-13(16)10-5-4-8-14(9-10)11-6-3-7-12(11)15/h10-12,15H,2-9H2,1H3/t10-,11?,12?/m1/s1. The van der Waals surface area contributed by atoms with Crippen LogP contribution in [0.4, 0.5) is 0 Å². The maximum atomic E-state index is 11.7. The number of esters is 1. The monoisotopic (exact) mass is 241 g/mol. The van der Waals surface area contributed by atoms with Crippen molar-refractivity contribution in [2.24, 2.45) is 5.92 Å². The van der Waals surface area contributed by atoms with Crippen LogP contribution in [0.1, 0.15) is 39.0 Å². The summed E-state index contributed by atoms with van der Waals surface area (Å²) in [5, 5.41) is 9.91. The average Bonchev–Trinajstić information content (AvgIpc) is 2.76. The van der Waals surface area contributed by atoms with Gasteiger partial charge >= 0.3 is 5.97 Å². The van der Waals surface area contributed by atoms with E-state index >= 15 is 0 Å². The molecular formula is C13H23NO3. The lowest BCUT2D eigenvalue weighted by Crippen LogP contribution is -2.47. The maximum absolute atomic E-state index is 11.7. The van der Waals surface area contributed by atoms with Crippen molar-refractivity contribution in [1.29, 1.82) is 0 Å². The first-order valence-corrected chi connectivity index (χ1v) is 6.81. The quantitative estimate of drug-likeness (QED) is 0.754. The summed E-state index contributed by atoms with van der Waals surface area (Å²) in [6, 6.07) is 0.271. The zero-order valence-corrected chi connectivity index (χ0v) is 10.6. The van der Waals surface area contributed by atoms with Crippen LogP contribution in [-0.2, 0) is 9.53 Å². The molecule has 17 heavy (non-hydrogen) atoms. The first kappa shape index (κ1) is 12.8. The Bertz CT molecular complexity index is 269. The van der Waals surface area contributed by atoms with Crippen molar-refractivity contribution in [2.75, 3.05) is 19.7 Å². The minimum atomic E-state index is -0.198. The first-order chi connectivity index (χ1) is 8.22. The van der Waals surface area contributed by atoms with Gasteiger partial charge in [0.25, 0.3) is 0 Å². The van der Waals surface area contributed by atoms with Gasteiger partial charge in [0.1, 0.15) is 0 Å². The van der Waals surface area contributed by atoms with Gasteiger partial charge in [-0.1, -0.05) is 0 Å². The third-order valence-corrected chi connectivity index (χ3v) is 3.99. The van der Waals surface area contributed by atoms with Crippen LogP contribution < -0.4 is 0 Å². The van der Waals surface area contributed by atoms with Crippen molar-refractivity contribution in [3.05, 3.63) is 0 Å². The largest absolute Gasteiger partial charge is 0.466 e. The molecule has 3 atom stereocenters. The number of carbonyl (C=O) groups excluding carboxylic acids is 1. The Hall–Kier alpha value is -0.610. The molecule has 4 heteroatoms. The van der Waals surface area contributed by atoms with Crippen LogP contribution in [-0.4, -0.2) is 47.8 Å². The Morgan fingerprint density at radius 2 is 2.18 bits per heavy atom. The zero-order valence-electron chi connectivity index (χ0n) is 10.6. The lowest BCUT2D eigenvalue weighted by molar-refractivity contribution is -0.150. The van der Waals surface area contributed by atoms with Gasteiger partial charge in [-0.2, -0.15) is 0 Å². The number of ether oxygens (including phenoxy) is 1. The van der Waals surface area contributed by atoms with Gasteiger partial charge < -0.3 is 9.84 Å². The number of likely N-dealkylation sites (tertiary alicyclic amines) is 1. The molecule has 0 spiro atoms.